The maximum Gasteiger partial charge on any atom is 0.355 e. The van der Waals surface area contributed by atoms with Crippen molar-refractivity contribution in [3.05, 3.63) is 16.1 Å². The quantitative estimate of drug-likeness (QED) is 0.812. The molecular weight excluding hydrogens is 282 g/mol. The highest BCUT2D eigenvalue weighted by atomic mass is 32.1. The molecule has 1 atom stereocenters. The summed E-state index contributed by atoms with van der Waals surface area (Å²) in [5, 5.41) is 13.1. The second-order valence-corrected chi connectivity index (χ2v) is 5.49. The molecule has 1 aliphatic rings. The highest BCUT2D eigenvalue weighted by Gasteiger charge is 2.18. The van der Waals surface area contributed by atoms with Gasteiger partial charge in [-0.05, 0) is 6.92 Å². The van der Waals surface area contributed by atoms with Crippen LogP contribution in [0.25, 0.3) is 0 Å². The number of aromatic nitrogens is 1. The zero-order valence-corrected chi connectivity index (χ0v) is 12.0. The van der Waals surface area contributed by atoms with Crippen molar-refractivity contribution in [2.75, 3.05) is 32.8 Å². The number of carboxylic acids is 1. The summed E-state index contributed by atoms with van der Waals surface area (Å²) in [6, 6.07) is -0.0298. The van der Waals surface area contributed by atoms with E-state index in [2.05, 4.69) is 15.2 Å². The Morgan fingerprint density at radius 1 is 1.55 bits per heavy atom. The van der Waals surface area contributed by atoms with Crippen molar-refractivity contribution < 1.29 is 19.4 Å². The number of thiazole rings is 1. The number of nitrogens with one attached hydrogen (secondary N) is 1. The Kier molecular flexibility index (Phi) is 5.05. The molecule has 0 saturated carbocycles. The number of rotatable bonds is 5. The lowest BCUT2D eigenvalue weighted by atomic mass is 10.3. The predicted molar refractivity (Wildman–Crippen MR) is 73.3 cm³/mol. The van der Waals surface area contributed by atoms with Crippen molar-refractivity contribution in [1.82, 2.24) is 15.2 Å². The van der Waals surface area contributed by atoms with Crippen LogP contribution in [0.15, 0.2) is 5.38 Å². The van der Waals surface area contributed by atoms with Crippen LogP contribution >= 0.6 is 11.3 Å². The van der Waals surface area contributed by atoms with Crippen molar-refractivity contribution >= 4 is 23.2 Å². The molecule has 1 fully saturated rings. The molecule has 20 heavy (non-hydrogen) atoms. The lowest BCUT2D eigenvalue weighted by molar-refractivity contribution is 0.0342. The summed E-state index contributed by atoms with van der Waals surface area (Å²) in [7, 11) is 0. The van der Waals surface area contributed by atoms with Gasteiger partial charge >= 0.3 is 5.97 Å². The van der Waals surface area contributed by atoms with Crippen molar-refractivity contribution in [3.8, 4) is 0 Å². The number of ether oxygens (including phenoxy) is 1. The molecule has 1 amide bonds. The fourth-order valence-corrected chi connectivity index (χ4v) is 2.67. The SMILES string of the molecule is CC(CN1CCOCC1)NC(=O)c1nc(C(=O)O)cs1. The lowest BCUT2D eigenvalue weighted by Gasteiger charge is -2.29. The maximum atomic E-state index is 11.9. The number of nitrogens with zero attached hydrogens (tertiary/aromatic N) is 2. The molecule has 0 aromatic carbocycles. The molecule has 2 heterocycles. The van der Waals surface area contributed by atoms with Gasteiger partial charge < -0.3 is 15.2 Å². The van der Waals surface area contributed by atoms with E-state index in [0.717, 1.165) is 44.2 Å². The molecule has 0 bridgehead atoms. The summed E-state index contributed by atoms with van der Waals surface area (Å²) in [4.78, 5) is 28.7. The summed E-state index contributed by atoms with van der Waals surface area (Å²) in [6.45, 7) is 5.82. The van der Waals surface area contributed by atoms with Gasteiger partial charge in [-0.2, -0.15) is 0 Å². The average Bonchev–Trinajstić information content (AvgIpc) is 2.89. The first-order chi connectivity index (χ1) is 9.56. The zero-order valence-electron chi connectivity index (χ0n) is 11.2. The molecule has 1 unspecified atom stereocenters. The molecule has 1 aliphatic heterocycles. The van der Waals surface area contributed by atoms with Gasteiger partial charge in [-0.15, -0.1) is 11.3 Å². The van der Waals surface area contributed by atoms with E-state index in [9.17, 15) is 9.59 Å². The minimum atomic E-state index is -1.12. The Morgan fingerprint density at radius 2 is 2.25 bits per heavy atom. The van der Waals surface area contributed by atoms with E-state index >= 15 is 0 Å². The summed E-state index contributed by atoms with van der Waals surface area (Å²) in [5.41, 5.74) is -0.0963. The number of hydrogen-bond donors (Lipinski definition) is 2. The molecule has 0 spiro atoms. The molecule has 7 nitrogen and oxygen atoms in total. The molecular formula is C12H17N3O4S. The van der Waals surface area contributed by atoms with Crippen molar-refractivity contribution in [2.45, 2.75) is 13.0 Å². The third-order valence-electron chi connectivity index (χ3n) is 2.93. The first-order valence-corrected chi connectivity index (χ1v) is 7.24. The fraction of sp³-hybridized carbons (Fsp3) is 0.583. The Balaban J connectivity index is 1.84. The number of carbonyl (C=O) groups excluding carboxylic acids is 1. The number of aromatic carboxylic acids is 1. The molecule has 2 N–H and O–H groups in total. The van der Waals surface area contributed by atoms with Crippen LogP contribution in [0.3, 0.4) is 0 Å². The average molecular weight is 299 g/mol. The summed E-state index contributed by atoms with van der Waals surface area (Å²) >= 11 is 1.04. The van der Waals surface area contributed by atoms with Crippen LogP contribution in [0.1, 0.15) is 27.2 Å². The third-order valence-corrected chi connectivity index (χ3v) is 3.77. The van der Waals surface area contributed by atoms with Crippen LogP contribution in [0.4, 0.5) is 0 Å². The number of carboxylic acid groups (broad SMARTS) is 1. The number of amides is 1. The van der Waals surface area contributed by atoms with E-state index in [4.69, 9.17) is 9.84 Å². The number of hydrogen-bond acceptors (Lipinski definition) is 6. The van der Waals surface area contributed by atoms with Gasteiger partial charge in [0.25, 0.3) is 5.91 Å². The van der Waals surface area contributed by atoms with E-state index in [1.54, 1.807) is 0 Å². The molecule has 1 aromatic heterocycles. The minimum Gasteiger partial charge on any atom is -0.476 e. The Labute approximate surface area is 120 Å². The van der Waals surface area contributed by atoms with Gasteiger partial charge in [-0.3, -0.25) is 9.69 Å². The smallest absolute Gasteiger partial charge is 0.355 e. The predicted octanol–water partition coefficient (Wildman–Crippen LogP) is 0.292. The summed E-state index contributed by atoms with van der Waals surface area (Å²) in [6.07, 6.45) is 0. The lowest BCUT2D eigenvalue weighted by Crippen LogP contribution is -2.46. The van der Waals surface area contributed by atoms with Gasteiger partial charge in [0.2, 0.25) is 0 Å². The molecule has 8 heteroatoms. The Morgan fingerprint density at radius 3 is 2.85 bits per heavy atom. The summed E-state index contributed by atoms with van der Waals surface area (Å²) < 4.78 is 5.26. The molecule has 0 aliphatic carbocycles. The Hall–Kier alpha value is -1.51. The molecule has 110 valence electrons. The Bertz CT molecular complexity index is 485. The first kappa shape index (κ1) is 14.9. The van der Waals surface area contributed by atoms with Gasteiger partial charge in [-0.25, -0.2) is 9.78 Å². The van der Waals surface area contributed by atoms with Crippen LogP contribution in [0.5, 0.6) is 0 Å². The first-order valence-electron chi connectivity index (χ1n) is 6.36. The summed E-state index contributed by atoms with van der Waals surface area (Å²) in [5.74, 6) is -1.45. The minimum absolute atomic E-state index is 0.0298. The fourth-order valence-electron chi connectivity index (χ4n) is 1.98. The van der Waals surface area contributed by atoms with Gasteiger partial charge in [0.05, 0.1) is 13.2 Å². The second-order valence-electron chi connectivity index (χ2n) is 4.63. The highest BCUT2D eigenvalue weighted by molar-refractivity contribution is 7.11. The van der Waals surface area contributed by atoms with E-state index < -0.39 is 5.97 Å². The maximum absolute atomic E-state index is 11.9. The van der Waals surface area contributed by atoms with Crippen molar-refractivity contribution in [3.63, 3.8) is 0 Å². The highest BCUT2D eigenvalue weighted by Crippen LogP contribution is 2.10. The van der Waals surface area contributed by atoms with Crippen LogP contribution in [0, 0.1) is 0 Å². The number of carbonyl (C=O) groups is 2. The normalized spacial score (nSPS) is 17.6. The van der Waals surface area contributed by atoms with Gasteiger partial charge in [0, 0.05) is 31.1 Å². The van der Waals surface area contributed by atoms with E-state index in [-0.39, 0.29) is 22.7 Å². The molecule has 1 saturated heterocycles. The van der Waals surface area contributed by atoms with Crippen LogP contribution in [-0.4, -0.2) is 65.8 Å². The van der Waals surface area contributed by atoms with Crippen molar-refractivity contribution in [2.24, 2.45) is 0 Å². The van der Waals surface area contributed by atoms with Crippen molar-refractivity contribution in [1.29, 1.82) is 0 Å². The topological polar surface area (TPSA) is 91.8 Å². The van der Waals surface area contributed by atoms with E-state index in [1.165, 1.54) is 5.38 Å². The van der Waals surface area contributed by atoms with Crippen LogP contribution < -0.4 is 5.32 Å². The van der Waals surface area contributed by atoms with Gasteiger partial charge in [0.1, 0.15) is 0 Å². The standard InChI is InChI=1S/C12H17N3O4S/c1-8(6-15-2-4-19-5-3-15)13-10(16)11-14-9(7-20-11)12(17)18/h7-8H,2-6H2,1H3,(H,13,16)(H,17,18). The molecule has 1 aromatic rings. The molecule has 2 rings (SSSR count). The monoisotopic (exact) mass is 299 g/mol. The largest absolute Gasteiger partial charge is 0.476 e. The van der Waals surface area contributed by atoms with E-state index in [1.807, 2.05) is 6.92 Å². The van der Waals surface area contributed by atoms with Gasteiger partial charge in [0.15, 0.2) is 10.7 Å². The second kappa shape index (κ2) is 6.78. The zero-order chi connectivity index (χ0) is 14.5. The van der Waals surface area contributed by atoms with Gasteiger partial charge in [-0.1, -0.05) is 0 Å². The number of morpholine rings is 1. The van der Waals surface area contributed by atoms with E-state index in [0.29, 0.717) is 0 Å². The van der Waals surface area contributed by atoms with Crippen LogP contribution in [-0.2, 0) is 4.74 Å². The van der Waals surface area contributed by atoms with Crippen LogP contribution in [0.2, 0.25) is 0 Å². The third kappa shape index (κ3) is 3.99. The molecule has 0 radical (unpaired) electrons.